The van der Waals surface area contributed by atoms with Crippen LogP contribution in [-0.2, 0) is 22.7 Å². The molecule has 1 aromatic heterocycles. The van der Waals surface area contributed by atoms with Crippen molar-refractivity contribution in [2.24, 2.45) is 0 Å². The van der Waals surface area contributed by atoms with Gasteiger partial charge in [-0.25, -0.2) is 9.36 Å². The number of hydrogen-bond acceptors (Lipinski definition) is 4. The number of carbonyl (C=O) groups excluding carboxylic acids is 2. The summed E-state index contributed by atoms with van der Waals surface area (Å²) in [7, 11) is 0. The first-order valence-electron chi connectivity index (χ1n) is 8.63. The standard InChI is InChI=1S/C20H17FN4O4/c21-16-11-24(12-17(26)22-14-7-3-1-4-8-14)20(29)25(19(16)28)13-18(27)23-15-9-5-2-6-10-15/h1-11H,12-13H2,(H,22,26)(H,23,27). The summed E-state index contributed by atoms with van der Waals surface area (Å²) < 4.78 is 15.2. The van der Waals surface area contributed by atoms with Gasteiger partial charge >= 0.3 is 5.69 Å². The monoisotopic (exact) mass is 396 g/mol. The molecule has 0 unspecified atom stereocenters. The van der Waals surface area contributed by atoms with E-state index in [1.165, 1.54) is 0 Å². The molecule has 0 spiro atoms. The van der Waals surface area contributed by atoms with Crippen LogP contribution in [0.5, 0.6) is 0 Å². The van der Waals surface area contributed by atoms with Crippen molar-refractivity contribution in [2.75, 3.05) is 10.6 Å². The smallest absolute Gasteiger partial charge is 0.325 e. The van der Waals surface area contributed by atoms with Gasteiger partial charge in [-0.3, -0.25) is 19.0 Å². The van der Waals surface area contributed by atoms with Crippen LogP contribution >= 0.6 is 0 Å². The number of rotatable bonds is 6. The molecule has 0 radical (unpaired) electrons. The lowest BCUT2D eigenvalue weighted by atomic mass is 10.3. The summed E-state index contributed by atoms with van der Waals surface area (Å²) in [5.41, 5.74) is -1.24. The van der Waals surface area contributed by atoms with E-state index in [1.54, 1.807) is 60.7 Å². The zero-order valence-corrected chi connectivity index (χ0v) is 15.2. The minimum absolute atomic E-state index is 0.448. The van der Waals surface area contributed by atoms with Crippen LogP contribution in [0.4, 0.5) is 15.8 Å². The van der Waals surface area contributed by atoms with Crippen LogP contribution in [0.2, 0.25) is 0 Å². The van der Waals surface area contributed by atoms with E-state index in [0.717, 1.165) is 4.57 Å². The lowest BCUT2D eigenvalue weighted by Crippen LogP contribution is -2.44. The molecule has 9 heteroatoms. The van der Waals surface area contributed by atoms with Gasteiger partial charge in [0, 0.05) is 11.4 Å². The van der Waals surface area contributed by atoms with Crippen molar-refractivity contribution >= 4 is 23.2 Å². The van der Waals surface area contributed by atoms with E-state index >= 15 is 0 Å². The van der Waals surface area contributed by atoms with Crippen molar-refractivity contribution in [3.05, 3.63) is 93.5 Å². The van der Waals surface area contributed by atoms with Crippen LogP contribution in [0, 0.1) is 5.82 Å². The highest BCUT2D eigenvalue weighted by Crippen LogP contribution is 2.05. The molecule has 0 bridgehead atoms. The fourth-order valence-electron chi connectivity index (χ4n) is 2.61. The van der Waals surface area contributed by atoms with E-state index in [1.807, 2.05) is 0 Å². The van der Waals surface area contributed by atoms with Crippen molar-refractivity contribution in [2.45, 2.75) is 13.1 Å². The molecule has 2 aromatic carbocycles. The zero-order chi connectivity index (χ0) is 20.8. The number of para-hydroxylation sites is 2. The van der Waals surface area contributed by atoms with Gasteiger partial charge in [0.05, 0.1) is 6.20 Å². The highest BCUT2D eigenvalue weighted by atomic mass is 19.1. The second kappa shape index (κ2) is 8.79. The molecule has 2 N–H and O–H groups in total. The minimum atomic E-state index is -1.25. The molecule has 0 aliphatic rings. The molecule has 3 aromatic rings. The number of nitrogens with one attached hydrogen (secondary N) is 2. The van der Waals surface area contributed by atoms with Crippen LogP contribution in [-0.4, -0.2) is 20.9 Å². The maximum Gasteiger partial charge on any atom is 0.332 e. The number of benzene rings is 2. The molecule has 0 aliphatic heterocycles. The fourth-order valence-corrected chi connectivity index (χ4v) is 2.61. The van der Waals surface area contributed by atoms with Gasteiger partial charge in [-0.15, -0.1) is 0 Å². The predicted molar refractivity (Wildman–Crippen MR) is 105 cm³/mol. The van der Waals surface area contributed by atoms with E-state index in [0.29, 0.717) is 22.1 Å². The minimum Gasteiger partial charge on any atom is -0.325 e. The summed E-state index contributed by atoms with van der Waals surface area (Å²) in [5, 5.41) is 5.07. The third kappa shape index (κ3) is 5.04. The van der Waals surface area contributed by atoms with Crippen LogP contribution in [0.25, 0.3) is 0 Å². The Balaban J connectivity index is 1.79. The van der Waals surface area contributed by atoms with Crippen molar-refractivity contribution in [3.8, 4) is 0 Å². The number of halogens is 1. The average molecular weight is 396 g/mol. The molecular formula is C20H17FN4O4. The first-order valence-corrected chi connectivity index (χ1v) is 8.63. The van der Waals surface area contributed by atoms with Crippen molar-refractivity contribution in [1.29, 1.82) is 0 Å². The highest BCUT2D eigenvalue weighted by molar-refractivity contribution is 5.91. The first-order chi connectivity index (χ1) is 13.9. The maximum atomic E-state index is 14.0. The molecule has 2 amide bonds. The van der Waals surface area contributed by atoms with Gasteiger partial charge in [-0.1, -0.05) is 36.4 Å². The van der Waals surface area contributed by atoms with Gasteiger partial charge in [0.1, 0.15) is 13.1 Å². The maximum absolute atomic E-state index is 14.0. The second-order valence-electron chi connectivity index (χ2n) is 6.11. The largest absolute Gasteiger partial charge is 0.332 e. The predicted octanol–water partition coefficient (Wildman–Crippen LogP) is 1.43. The van der Waals surface area contributed by atoms with Crippen LogP contribution in [0.3, 0.4) is 0 Å². The summed E-state index contributed by atoms with van der Waals surface area (Å²) in [6, 6.07) is 16.9. The molecule has 0 saturated carbocycles. The van der Waals surface area contributed by atoms with Crippen molar-refractivity contribution < 1.29 is 14.0 Å². The Morgan fingerprint density at radius 2 is 1.28 bits per heavy atom. The van der Waals surface area contributed by atoms with E-state index in [4.69, 9.17) is 0 Å². The molecule has 8 nitrogen and oxygen atoms in total. The number of carbonyl (C=O) groups is 2. The Hall–Kier alpha value is -4.01. The fraction of sp³-hybridized carbons (Fsp3) is 0.100. The number of aromatic nitrogens is 2. The number of hydrogen-bond donors (Lipinski definition) is 2. The first kappa shape index (κ1) is 19.7. The Bertz CT molecular complexity index is 1140. The van der Waals surface area contributed by atoms with Gasteiger partial charge in [-0.05, 0) is 24.3 Å². The molecule has 0 aliphatic carbocycles. The van der Waals surface area contributed by atoms with E-state index < -0.39 is 42.0 Å². The molecule has 1 heterocycles. The van der Waals surface area contributed by atoms with Gasteiger partial charge in [0.2, 0.25) is 17.6 Å². The molecule has 29 heavy (non-hydrogen) atoms. The highest BCUT2D eigenvalue weighted by Gasteiger charge is 2.16. The summed E-state index contributed by atoms with van der Waals surface area (Å²) in [4.78, 5) is 48.8. The molecule has 0 saturated heterocycles. The Morgan fingerprint density at radius 1 is 0.793 bits per heavy atom. The lowest BCUT2D eigenvalue weighted by Gasteiger charge is -2.11. The quantitative estimate of drug-likeness (QED) is 0.658. The van der Waals surface area contributed by atoms with Crippen molar-refractivity contribution in [3.63, 3.8) is 0 Å². The number of amides is 2. The summed E-state index contributed by atoms with van der Waals surface area (Å²) >= 11 is 0. The van der Waals surface area contributed by atoms with Crippen molar-refractivity contribution in [1.82, 2.24) is 9.13 Å². The number of nitrogens with zero attached hydrogens (tertiary/aromatic N) is 2. The van der Waals surface area contributed by atoms with Crippen LogP contribution in [0.1, 0.15) is 0 Å². The SMILES string of the molecule is O=C(Cn1cc(F)c(=O)n(CC(=O)Nc2ccccc2)c1=O)Nc1ccccc1. The lowest BCUT2D eigenvalue weighted by molar-refractivity contribution is -0.117. The zero-order valence-electron chi connectivity index (χ0n) is 15.2. The summed E-state index contributed by atoms with van der Waals surface area (Å²) in [5.74, 6) is -2.51. The normalized spacial score (nSPS) is 10.4. The molecule has 0 atom stereocenters. The molecule has 148 valence electrons. The third-order valence-electron chi connectivity index (χ3n) is 3.93. The molecule has 3 rings (SSSR count). The summed E-state index contributed by atoms with van der Waals surface area (Å²) in [6.45, 7) is -1.21. The average Bonchev–Trinajstić information content (AvgIpc) is 2.71. The second-order valence-corrected chi connectivity index (χ2v) is 6.11. The molecular weight excluding hydrogens is 379 g/mol. The summed E-state index contributed by atoms with van der Waals surface area (Å²) in [6.07, 6.45) is 0.654. The van der Waals surface area contributed by atoms with Crippen LogP contribution < -0.4 is 21.9 Å². The van der Waals surface area contributed by atoms with Gasteiger partial charge < -0.3 is 10.6 Å². The Labute approximate surface area is 164 Å². The van der Waals surface area contributed by atoms with Gasteiger partial charge in [0.15, 0.2) is 0 Å². The van der Waals surface area contributed by atoms with Gasteiger partial charge in [-0.2, -0.15) is 4.39 Å². The Kier molecular flexibility index (Phi) is 5.98. The number of anilines is 2. The Morgan fingerprint density at radius 3 is 1.79 bits per heavy atom. The van der Waals surface area contributed by atoms with Gasteiger partial charge in [0.25, 0.3) is 5.56 Å². The van der Waals surface area contributed by atoms with E-state index in [-0.39, 0.29) is 0 Å². The molecule has 0 fully saturated rings. The topological polar surface area (TPSA) is 102 Å². The van der Waals surface area contributed by atoms with Crippen LogP contribution in [0.15, 0.2) is 76.4 Å². The van der Waals surface area contributed by atoms with E-state index in [2.05, 4.69) is 10.6 Å². The van der Waals surface area contributed by atoms with E-state index in [9.17, 15) is 23.6 Å². The third-order valence-corrected chi connectivity index (χ3v) is 3.93.